The molecule has 0 aliphatic carbocycles. The summed E-state index contributed by atoms with van der Waals surface area (Å²) in [5.41, 5.74) is 1.09. The minimum atomic E-state index is -0.496. The van der Waals surface area contributed by atoms with Crippen LogP contribution in [-0.4, -0.2) is 61.3 Å². The number of aliphatic hydroxyl groups excluding tert-OH is 2. The van der Waals surface area contributed by atoms with Gasteiger partial charge < -0.3 is 24.4 Å². The zero-order valence-corrected chi connectivity index (χ0v) is 19.8. The van der Waals surface area contributed by atoms with Gasteiger partial charge in [0.2, 0.25) is 0 Å². The van der Waals surface area contributed by atoms with Crippen LogP contribution in [0.4, 0.5) is 0 Å². The van der Waals surface area contributed by atoms with E-state index in [-0.39, 0.29) is 31.8 Å². The first-order chi connectivity index (χ1) is 15.5. The fraction of sp³-hybridized carbons (Fsp3) is 0.680. The van der Waals surface area contributed by atoms with Crippen LogP contribution in [0.15, 0.2) is 30.3 Å². The maximum Gasteiger partial charge on any atom is 0.305 e. The Labute approximate surface area is 193 Å². The first kappa shape index (κ1) is 30.0. The standard InChI is InChI=1S/C14H26O4.C11H16O3/c1-3-5-11-17-13(15)9-7-8-10-14(16)18-12-6-4-2;12-6-7-14-9-11(13)8-10-4-2-1-3-5-10/h3-12H2,1-2H3;1-5,11-13H,6-9H2. The summed E-state index contributed by atoms with van der Waals surface area (Å²) < 4.78 is 15.0. The van der Waals surface area contributed by atoms with Crippen molar-refractivity contribution in [1.82, 2.24) is 0 Å². The molecule has 1 rings (SSSR count). The lowest BCUT2D eigenvalue weighted by atomic mass is 10.1. The van der Waals surface area contributed by atoms with E-state index < -0.39 is 6.10 Å². The van der Waals surface area contributed by atoms with Crippen molar-refractivity contribution in [3.05, 3.63) is 35.9 Å². The van der Waals surface area contributed by atoms with Crippen LogP contribution >= 0.6 is 0 Å². The van der Waals surface area contributed by atoms with E-state index in [2.05, 4.69) is 13.8 Å². The van der Waals surface area contributed by atoms with Crippen LogP contribution in [0.25, 0.3) is 0 Å². The monoisotopic (exact) mass is 454 g/mol. The number of ether oxygens (including phenoxy) is 3. The van der Waals surface area contributed by atoms with E-state index in [1.165, 1.54) is 0 Å². The highest BCUT2D eigenvalue weighted by Gasteiger charge is 2.06. The third-order valence-electron chi connectivity index (χ3n) is 4.39. The normalized spacial score (nSPS) is 11.2. The van der Waals surface area contributed by atoms with Crippen molar-refractivity contribution < 1.29 is 34.0 Å². The van der Waals surface area contributed by atoms with Crippen LogP contribution in [0.1, 0.15) is 70.8 Å². The number of hydrogen-bond donors (Lipinski definition) is 2. The molecule has 0 saturated heterocycles. The molecule has 7 heteroatoms. The second-order valence-electron chi connectivity index (χ2n) is 7.50. The zero-order chi connectivity index (χ0) is 23.9. The lowest BCUT2D eigenvalue weighted by Gasteiger charge is -2.10. The molecule has 7 nitrogen and oxygen atoms in total. The Morgan fingerprint density at radius 3 is 1.84 bits per heavy atom. The molecule has 0 saturated carbocycles. The van der Waals surface area contributed by atoms with E-state index in [9.17, 15) is 14.7 Å². The van der Waals surface area contributed by atoms with Crippen molar-refractivity contribution in [2.24, 2.45) is 0 Å². The lowest BCUT2D eigenvalue weighted by Crippen LogP contribution is -2.19. The van der Waals surface area contributed by atoms with Gasteiger partial charge >= 0.3 is 11.9 Å². The molecule has 184 valence electrons. The summed E-state index contributed by atoms with van der Waals surface area (Å²) in [5.74, 6) is -0.328. The maximum absolute atomic E-state index is 11.2. The number of hydrogen-bond acceptors (Lipinski definition) is 7. The molecule has 0 aliphatic rings. The lowest BCUT2D eigenvalue weighted by molar-refractivity contribution is -0.146. The first-order valence-electron chi connectivity index (χ1n) is 11.7. The largest absolute Gasteiger partial charge is 0.466 e. The minimum absolute atomic E-state index is 0.00193. The Bertz CT molecular complexity index is 539. The van der Waals surface area contributed by atoms with Crippen molar-refractivity contribution in [3.8, 4) is 0 Å². The summed E-state index contributed by atoms with van der Waals surface area (Å²) in [6.45, 7) is 5.68. The van der Waals surface area contributed by atoms with Gasteiger partial charge in [-0.1, -0.05) is 57.0 Å². The van der Waals surface area contributed by atoms with Gasteiger partial charge in [0.25, 0.3) is 0 Å². The van der Waals surface area contributed by atoms with E-state index in [1.54, 1.807) is 0 Å². The average Bonchev–Trinajstić information content (AvgIpc) is 2.78. The van der Waals surface area contributed by atoms with Crippen molar-refractivity contribution in [2.45, 2.75) is 77.7 Å². The molecule has 0 bridgehead atoms. The molecule has 0 amide bonds. The Kier molecular flexibility index (Phi) is 20.9. The first-order valence-corrected chi connectivity index (χ1v) is 11.7. The van der Waals surface area contributed by atoms with Crippen LogP contribution in [0.3, 0.4) is 0 Å². The smallest absolute Gasteiger partial charge is 0.305 e. The van der Waals surface area contributed by atoms with Gasteiger partial charge in [-0.05, 0) is 31.2 Å². The highest BCUT2D eigenvalue weighted by Crippen LogP contribution is 2.04. The fourth-order valence-electron chi connectivity index (χ4n) is 2.57. The van der Waals surface area contributed by atoms with Crippen molar-refractivity contribution in [2.75, 3.05) is 33.0 Å². The summed E-state index contributed by atoms with van der Waals surface area (Å²) in [5, 5.41) is 18.0. The van der Waals surface area contributed by atoms with E-state index in [4.69, 9.17) is 19.3 Å². The summed E-state index contributed by atoms with van der Waals surface area (Å²) in [7, 11) is 0. The molecule has 1 aromatic carbocycles. The molecule has 0 aromatic heterocycles. The highest BCUT2D eigenvalue weighted by atomic mass is 16.5. The third-order valence-corrected chi connectivity index (χ3v) is 4.39. The molecule has 0 aliphatic heterocycles. The molecule has 32 heavy (non-hydrogen) atoms. The van der Waals surface area contributed by atoms with Gasteiger partial charge in [0, 0.05) is 19.3 Å². The number of carbonyl (C=O) groups is 2. The Balaban J connectivity index is 0.000000618. The van der Waals surface area contributed by atoms with Crippen LogP contribution in [0, 0.1) is 0 Å². The number of esters is 2. The van der Waals surface area contributed by atoms with Gasteiger partial charge in [-0.25, -0.2) is 0 Å². The predicted octanol–water partition coefficient (Wildman–Crippen LogP) is 3.83. The molecule has 1 atom stereocenters. The predicted molar refractivity (Wildman–Crippen MR) is 124 cm³/mol. The molecular weight excluding hydrogens is 412 g/mol. The molecule has 1 aromatic rings. The van der Waals surface area contributed by atoms with E-state index in [1.807, 2.05) is 30.3 Å². The summed E-state index contributed by atoms with van der Waals surface area (Å²) in [6, 6.07) is 9.76. The van der Waals surface area contributed by atoms with E-state index in [0.29, 0.717) is 45.3 Å². The molecule has 1 unspecified atom stereocenters. The van der Waals surface area contributed by atoms with Crippen LogP contribution in [0.5, 0.6) is 0 Å². The summed E-state index contributed by atoms with van der Waals surface area (Å²) in [6.07, 6.45) is 6.13. The Morgan fingerprint density at radius 1 is 0.844 bits per heavy atom. The zero-order valence-electron chi connectivity index (χ0n) is 19.8. The van der Waals surface area contributed by atoms with Gasteiger partial charge in [0.05, 0.1) is 39.1 Å². The van der Waals surface area contributed by atoms with Crippen molar-refractivity contribution >= 4 is 11.9 Å². The van der Waals surface area contributed by atoms with Crippen molar-refractivity contribution in [1.29, 1.82) is 0 Å². The molecule has 2 N–H and O–H groups in total. The minimum Gasteiger partial charge on any atom is -0.466 e. The van der Waals surface area contributed by atoms with E-state index in [0.717, 1.165) is 31.2 Å². The van der Waals surface area contributed by atoms with Crippen LogP contribution in [-0.2, 0) is 30.2 Å². The second kappa shape index (κ2) is 22.2. The third kappa shape index (κ3) is 20.0. The number of unbranched alkanes of at least 4 members (excludes halogenated alkanes) is 3. The topological polar surface area (TPSA) is 102 Å². The van der Waals surface area contributed by atoms with Gasteiger partial charge in [-0.2, -0.15) is 0 Å². The molecular formula is C25H42O7. The molecule has 0 radical (unpaired) electrons. The fourth-order valence-corrected chi connectivity index (χ4v) is 2.57. The maximum atomic E-state index is 11.2. The highest BCUT2D eigenvalue weighted by molar-refractivity contribution is 5.70. The number of aliphatic hydroxyl groups is 2. The van der Waals surface area contributed by atoms with Gasteiger partial charge in [-0.3, -0.25) is 9.59 Å². The second-order valence-corrected chi connectivity index (χ2v) is 7.50. The Morgan fingerprint density at radius 2 is 1.38 bits per heavy atom. The quantitative estimate of drug-likeness (QED) is 0.272. The van der Waals surface area contributed by atoms with Crippen molar-refractivity contribution in [3.63, 3.8) is 0 Å². The molecule has 0 heterocycles. The van der Waals surface area contributed by atoms with Gasteiger partial charge in [0.15, 0.2) is 0 Å². The Hall–Kier alpha value is -1.96. The number of rotatable bonds is 17. The van der Waals surface area contributed by atoms with Crippen LogP contribution < -0.4 is 0 Å². The average molecular weight is 455 g/mol. The van der Waals surface area contributed by atoms with Crippen LogP contribution in [0.2, 0.25) is 0 Å². The molecule has 0 fully saturated rings. The summed E-state index contributed by atoms with van der Waals surface area (Å²) >= 11 is 0. The summed E-state index contributed by atoms with van der Waals surface area (Å²) in [4.78, 5) is 22.5. The molecule has 0 spiro atoms. The number of benzene rings is 1. The number of carbonyl (C=O) groups excluding carboxylic acids is 2. The van der Waals surface area contributed by atoms with Gasteiger partial charge in [-0.15, -0.1) is 0 Å². The van der Waals surface area contributed by atoms with Gasteiger partial charge in [0.1, 0.15) is 0 Å². The van der Waals surface area contributed by atoms with E-state index >= 15 is 0 Å². The SMILES string of the molecule is CCCCOC(=O)CCCCC(=O)OCCCC.OCCOCC(O)Cc1ccccc1.